The van der Waals surface area contributed by atoms with Crippen molar-refractivity contribution in [2.24, 2.45) is 0 Å². The van der Waals surface area contributed by atoms with Crippen LogP contribution in [0.5, 0.6) is 0 Å². The SMILES string of the molecule is CC(C)c1nnsc1CNCCCN(C)C. The van der Waals surface area contributed by atoms with E-state index in [9.17, 15) is 0 Å². The Balaban J connectivity index is 2.24. The molecule has 4 nitrogen and oxygen atoms in total. The first-order chi connectivity index (χ1) is 7.61. The average molecular weight is 242 g/mol. The standard InChI is InChI=1S/C11H22N4S/c1-9(2)11-10(16-14-13-11)8-12-6-5-7-15(3)4/h9,12H,5-8H2,1-4H3. The monoisotopic (exact) mass is 242 g/mol. The predicted octanol–water partition coefficient (Wildman–Crippen LogP) is 1.70. The van der Waals surface area contributed by atoms with Gasteiger partial charge in [-0.1, -0.05) is 18.3 Å². The first-order valence-corrected chi connectivity index (χ1v) is 6.55. The third kappa shape index (κ3) is 4.55. The molecule has 0 bridgehead atoms. The molecule has 0 amide bonds. The molecular formula is C11H22N4S. The normalized spacial score (nSPS) is 11.6. The highest BCUT2D eigenvalue weighted by Crippen LogP contribution is 2.19. The summed E-state index contributed by atoms with van der Waals surface area (Å²) in [5.74, 6) is 0.470. The van der Waals surface area contributed by atoms with Crippen molar-refractivity contribution in [3.8, 4) is 0 Å². The van der Waals surface area contributed by atoms with E-state index in [1.807, 2.05) is 0 Å². The van der Waals surface area contributed by atoms with E-state index in [1.54, 1.807) is 0 Å². The van der Waals surface area contributed by atoms with Crippen LogP contribution in [0.4, 0.5) is 0 Å². The topological polar surface area (TPSA) is 41.1 Å². The zero-order chi connectivity index (χ0) is 12.0. The summed E-state index contributed by atoms with van der Waals surface area (Å²) < 4.78 is 4.01. The van der Waals surface area contributed by atoms with Crippen molar-refractivity contribution in [3.05, 3.63) is 10.6 Å². The Kier molecular flexibility index (Phi) is 5.87. The van der Waals surface area contributed by atoms with Gasteiger partial charge in [0.25, 0.3) is 0 Å². The lowest BCUT2D eigenvalue weighted by atomic mass is 10.1. The highest BCUT2D eigenvalue weighted by atomic mass is 32.1. The first kappa shape index (κ1) is 13.5. The smallest absolute Gasteiger partial charge is 0.0826 e. The molecule has 0 aliphatic rings. The van der Waals surface area contributed by atoms with Crippen molar-refractivity contribution in [2.45, 2.75) is 32.7 Å². The first-order valence-electron chi connectivity index (χ1n) is 5.77. The molecular weight excluding hydrogens is 220 g/mol. The Bertz CT molecular complexity index is 296. The lowest BCUT2D eigenvalue weighted by molar-refractivity contribution is 0.394. The van der Waals surface area contributed by atoms with Gasteiger partial charge < -0.3 is 10.2 Å². The van der Waals surface area contributed by atoms with Gasteiger partial charge in [-0.3, -0.25) is 0 Å². The third-order valence-electron chi connectivity index (χ3n) is 2.38. The van der Waals surface area contributed by atoms with Crippen LogP contribution < -0.4 is 5.32 Å². The largest absolute Gasteiger partial charge is 0.312 e. The molecule has 1 heterocycles. The molecule has 1 aromatic rings. The van der Waals surface area contributed by atoms with Crippen molar-refractivity contribution in [1.82, 2.24) is 19.8 Å². The van der Waals surface area contributed by atoms with Gasteiger partial charge in [-0.25, -0.2) is 0 Å². The second-order valence-corrected chi connectivity index (χ2v) is 5.41. The maximum atomic E-state index is 4.16. The van der Waals surface area contributed by atoms with E-state index in [4.69, 9.17) is 0 Å². The van der Waals surface area contributed by atoms with Gasteiger partial charge in [-0.2, -0.15) is 0 Å². The van der Waals surface area contributed by atoms with E-state index in [-0.39, 0.29) is 0 Å². The fourth-order valence-corrected chi connectivity index (χ4v) is 2.26. The fourth-order valence-electron chi connectivity index (χ4n) is 1.50. The lowest BCUT2D eigenvalue weighted by Crippen LogP contribution is -2.21. The van der Waals surface area contributed by atoms with Crippen LogP contribution in [0.25, 0.3) is 0 Å². The Morgan fingerprint density at radius 3 is 2.75 bits per heavy atom. The molecule has 5 heteroatoms. The molecule has 0 saturated heterocycles. The van der Waals surface area contributed by atoms with Gasteiger partial charge in [0.1, 0.15) is 0 Å². The average Bonchev–Trinajstić information content (AvgIpc) is 2.65. The van der Waals surface area contributed by atoms with E-state index in [0.29, 0.717) is 5.92 Å². The van der Waals surface area contributed by atoms with E-state index in [0.717, 1.165) is 25.3 Å². The molecule has 0 aliphatic heterocycles. The van der Waals surface area contributed by atoms with E-state index < -0.39 is 0 Å². The number of nitrogens with one attached hydrogen (secondary N) is 1. The second kappa shape index (κ2) is 6.93. The van der Waals surface area contributed by atoms with Crippen LogP contribution in [0, 0.1) is 0 Å². The van der Waals surface area contributed by atoms with Crippen molar-refractivity contribution in [1.29, 1.82) is 0 Å². The lowest BCUT2D eigenvalue weighted by Gasteiger charge is -2.09. The quantitative estimate of drug-likeness (QED) is 0.739. The van der Waals surface area contributed by atoms with E-state index >= 15 is 0 Å². The molecule has 1 aromatic heterocycles. The van der Waals surface area contributed by atoms with Crippen LogP contribution >= 0.6 is 11.5 Å². The molecule has 0 saturated carbocycles. The highest BCUT2D eigenvalue weighted by molar-refractivity contribution is 7.05. The van der Waals surface area contributed by atoms with Crippen molar-refractivity contribution in [3.63, 3.8) is 0 Å². The fraction of sp³-hybridized carbons (Fsp3) is 0.818. The van der Waals surface area contributed by atoms with Crippen molar-refractivity contribution >= 4 is 11.5 Å². The van der Waals surface area contributed by atoms with Gasteiger partial charge in [0.05, 0.1) is 10.6 Å². The minimum absolute atomic E-state index is 0.470. The molecule has 0 aromatic carbocycles. The zero-order valence-electron chi connectivity index (χ0n) is 10.7. The zero-order valence-corrected chi connectivity index (χ0v) is 11.5. The van der Waals surface area contributed by atoms with Crippen LogP contribution in [0.1, 0.15) is 36.8 Å². The van der Waals surface area contributed by atoms with Gasteiger partial charge in [0, 0.05) is 6.54 Å². The molecule has 0 spiro atoms. The Morgan fingerprint density at radius 2 is 2.12 bits per heavy atom. The number of rotatable bonds is 7. The highest BCUT2D eigenvalue weighted by Gasteiger charge is 2.10. The van der Waals surface area contributed by atoms with Crippen LogP contribution in [0.3, 0.4) is 0 Å². The third-order valence-corrected chi connectivity index (χ3v) is 3.11. The van der Waals surface area contributed by atoms with Gasteiger partial charge in [0.15, 0.2) is 0 Å². The van der Waals surface area contributed by atoms with Crippen LogP contribution in [0.15, 0.2) is 0 Å². The summed E-state index contributed by atoms with van der Waals surface area (Å²) in [4.78, 5) is 3.48. The number of hydrogen-bond donors (Lipinski definition) is 1. The summed E-state index contributed by atoms with van der Waals surface area (Å²) in [5, 5.41) is 7.61. The van der Waals surface area contributed by atoms with Crippen molar-refractivity contribution < 1.29 is 0 Å². The summed E-state index contributed by atoms with van der Waals surface area (Å²) in [6.45, 7) is 7.40. The summed E-state index contributed by atoms with van der Waals surface area (Å²) in [5.41, 5.74) is 1.14. The molecule has 92 valence electrons. The van der Waals surface area contributed by atoms with Crippen LogP contribution in [-0.4, -0.2) is 41.7 Å². The van der Waals surface area contributed by atoms with Gasteiger partial charge in [-0.15, -0.1) is 5.10 Å². The molecule has 1 rings (SSSR count). The minimum Gasteiger partial charge on any atom is -0.312 e. The maximum Gasteiger partial charge on any atom is 0.0826 e. The Labute approximate surface area is 102 Å². The number of nitrogens with zero attached hydrogens (tertiary/aromatic N) is 3. The summed E-state index contributed by atoms with van der Waals surface area (Å²) >= 11 is 1.51. The molecule has 1 N–H and O–H groups in total. The maximum absolute atomic E-state index is 4.16. The van der Waals surface area contributed by atoms with Crippen LogP contribution in [-0.2, 0) is 6.54 Å². The van der Waals surface area contributed by atoms with E-state index in [1.165, 1.54) is 22.8 Å². The van der Waals surface area contributed by atoms with E-state index in [2.05, 4.69) is 47.7 Å². The second-order valence-electron chi connectivity index (χ2n) is 4.57. The number of aromatic nitrogens is 2. The minimum atomic E-state index is 0.470. The summed E-state index contributed by atoms with van der Waals surface area (Å²) in [7, 11) is 4.20. The molecule has 0 aliphatic carbocycles. The molecule has 0 fully saturated rings. The molecule has 0 radical (unpaired) electrons. The predicted molar refractivity (Wildman–Crippen MR) is 68.9 cm³/mol. The number of hydrogen-bond acceptors (Lipinski definition) is 5. The summed E-state index contributed by atoms with van der Waals surface area (Å²) in [6, 6.07) is 0. The summed E-state index contributed by atoms with van der Waals surface area (Å²) in [6.07, 6.45) is 1.18. The van der Waals surface area contributed by atoms with Crippen LogP contribution in [0.2, 0.25) is 0 Å². The molecule has 0 unspecified atom stereocenters. The van der Waals surface area contributed by atoms with Crippen molar-refractivity contribution in [2.75, 3.05) is 27.2 Å². The molecule has 0 atom stereocenters. The van der Waals surface area contributed by atoms with Gasteiger partial charge >= 0.3 is 0 Å². The van der Waals surface area contributed by atoms with Gasteiger partial charge in [0.2, 0.25) is 0 Å². The van der Waals surface area contributed by atoms with Gasteiger partial charge in [-0.05, 0) is 51.1 Å². The Morgan fingerprint density at radius 1 is 1.38 bits per heavy atom. The Hall–Kier alpha value is -0.520. The molecule has 16 heavy (non-hydrogen) atoms.